The van der Waals surface area contributed by atoms with Crippen LogP contribution < -0.4 is 10.1 Å². The van der Waals surface area contributed by atoms with Gasteiger partial charge in [0.2, 0.25) is 0 Å². The van der Waals surface area contributed by atoms with E-state index in [1.54, 1.807) is 7.11 Å². The van der Waals surface area contributed by atoms with Crippen LogP contribution in [0.5, 0.6) is 5.75 Å². The Hall–Kier alpha value is -1.07. The molecule has 0 radical (unpaired) electrons. The highest BCUT2D eigenvalue weighted by molar-refractivity contribution is 9.10. The fourth-order valence-electron chi connectivity index (χ4n) is 2.53. The van der Waals surface area contributed by atoms with Crippen LogP contribution in [-0.2, 0) is 0 Å². The summed E-state index contributed by atoms with van der Waals surface area (Å²) in [5.74, 6) is 2.45. The van der Waals surface area contributed by atoms with Crippen molar-refractivity contribution in [3.05, 3.63) is 28.8 Å². The van der Waals surface area contributed by atoms with Crippen molar-refractivity contribution in [2.45, 2.75) is 18.8 Å². The summed E-state index contributed by atoms with van der Waals surface area (Å²) in [6.07, 6.45) is 4.41. The van der Waals surface area contributed by atoms with Gasteiger partial charge < -0.3 is 10.1 Å². The number of piperidine rings is 1. The fraction of sp³-hybridized carbons (Fsp3) is 0.462. The van der Waals surface area contributed by atoms with Gasteiger partial charge in [-0.2, -0.15) is 0 Å². The summed E-state index contributed by atoms with van der Waals surface area (Å²) >= 11 is 3.54. The molecule has 2 aromatic rings. The largest absolute Gasteiger partial charge is 0.495 e. The van der Waals surface area contributed by atoms with Gasteiger partial charge in [0.05, 0.1) is 18.8 Å². The fourth-order valence-corrected chi connectivity index (χ4v) is 3.04. The summed E-state index contributed by atoms with van der Waals surface area (Å²) in [7, 11) is 1.69. The van der Waals surface area contributed by atoms with Crippen LogP contribution in [-0.4, -0.2) is 29.6 Å². The summed E-state index contributed by atoms with van der Waals surface area (Å²) in [5.41, 5.74) is 1.09. The first kappa shape index (κ1) is 12.0. The third-order valence-corrected chi connectivity index (χ3v) is 4.07. The molecule has 0 aliphatic carbocycles. The highest BCUT2D eigenvalue weighted by Gasteiger charge is 2.21. The topological polar surface area (TPSA) is 38.6 Å². The minimum absolute atomic E-state index is 0.477. The molecule has 1 aliphatic heterocycles. The number of aromatic nitrogens is 2. The number of nitrogens with one attached hydrogen (secondary N) is 1. The summed E-state index contributed by atoms with van der Waals surface area (Å²) < 4.78 is 8.34. The average molecular weight is 310 g/mol. The number of hydrogen-bond acceptors (Lipinski definition) is 3. The van der Waals surface area contributed by atoms with E-state index in [1.807, 2.05) is 18.3 Å². The Morgan fingerprint density at radius 1 is 1.50 bits per heavy atom. The average Bonchev–Trinajstić information content (AvgIpc) is 2.76. The van der Waals surface area contributed by atoms with Crippen LogP contribution in [0, 0.1) is 0 Å². The normalized spacial score (nSPS) is 20.2. The number of pyridine rings is 1. The standard InChI is InChI=1S/C13H16BrN3O/c1-18-10-4-5-11-12(14)16-13(17(11)8-10)9-3-2-6-15-7-9/h4-5,8-9,15H,2-3,6-7H2,1H3. The van der Waals surface area contributed by atoms with E-state index in [9.17, 15) is 0 Å². The Bertz CT molecular complexity index is 561. The first-order valence-corrected chi connectivity index (χ1v) is 7.01. The number of imidazole rings is 1. The van der Waals surface area contributed by atoms with Crippen LogP contribution >= 0.6 is 15.9 Å². The van der Waals surface area contributed by atoms with Crippen LogP contribution in [0.4, 0.5) is 0 Å². The number of nitrogens with zero attached hydrogens (tertiary/aromatic N) is 2. The van der Waals surface area contributed by atoms with Crippen molar-refractivity contribution in [3.63, 3.8) is 0 Å². The molecule has 1 aliphatic rings. The summed E-state index contributed by atoms with van der Waals surface area (Å²) in [4.78, 5) is 4.67. The quantitative estimate of drug-likeness (QED) is 0.926. The second-order valence-corrected chi connectivity index (χ2v) is 5.38. The minimum atomic E-state index is 0.477. The molecule has 4 nitrogen and oxygen atoms in total. The van der Waals surface area contributed by atoms with E-state index in [1.165, 1.54) is 12.8 Å². The second kappa shape index (κ2) is 4.90. The summed E-state index contributed by atoms with van der Waals surface area (Å²) in [6.45, 7) is 2.12. The zero-order valence-electron chi connectivity index (χ0n) is 10.3. The predicted molar refractivity (Wildman–Crippen MR) is 74.3 cm³/mol. The van der Waals surface area contributed by atoms with Crippen LogP contribution in [0.3, 0.4) is 0 Å². The number of methoxy groups -OCH3 is 1. The zero-order valence-corrected chi connectivity index (χ0v) is 11.9. The van der Waals surface area contributed by atoms with Crippen LogP contribution in [0.25, 0.3) is 5.52 Å². The molecular formula is C13H16BrN3O. The monoisotopic (exact) mass is 309 g/mol. The molecule has 0 aromatic carbocycles. The van der Waals surface area contributed by atoms with Gasteiger partial charge in [-0.1, -0.05) is 0 Å². The van der Waals surface area contributed by atoms with Gasteiger partial charge in [0.15, 0.2) is 0 Å². The smallest absolute Gasteiger partial charge is 0.135 e. The Balaban J connectivity index is 2.09. The molecule has 1 fully saturated rings. The van der Waals surface area contributed by atoms with E-state index in [0.717, 1.165) is 34.8 Å². The van der Waals surface area contributed by atoms with Gasteiger partial charge >= 0.3 is 0 Å². The third kappa shape index (κ3) is 2.01. The van der Waals surface area contributed by atoms with Crippen molar-refractivity contribution in [2.75, 3.05) is 20.2 Å². The van der Waals surface area contributed by atoms with Gasteiger partial charge in [-0.05, 0) is 47.4 Å². The Morgan fingerprint density at radius 2 is 2.39 bits per heavy atom. The maximum atomic E-state index is 5.29. The zero-order chi connectivity index (χ0) is 12.5. The maximum absolute atomic E-state index is 5.29. The van der Waals surface area contributed by atoms with Gasteiger partial charge in [0.1, 0.15) is 16.2 Å². The first-order valence-electron chi connectivity index (χ1n) is 6.22. The molecule has 18 heavy (non-hydrogen) atoms. The van der Waals surface area contributed by atoms with Crippen molar-refractivity contribution < 1.29 is 4.74 Å². The highest BCUT2D eigenvalue weighted by Crippen LogP contribution is 2.29. The van der Waals surface area contributed by atoms with E-state index >= 15 is 0 Å². The second-order valence-electron chi connectivity index (χ2n) is 4.63. The first-order chi connectivity index (χ1) is 8.79. The molecule has 0 spiro atoms. The van der Waals surface area contributed by atoms with E-state index in [2.05, 4.69) is 30.6 Å². The van der Waals surface area contributed by atoms with E-state index < -0.39 is 0 Å². The number of fused-ring (bicyclic) bond motifs is 1. The molecule has 0 saturated carbocycles. The molecule has 0 amide bonds. The van der Waals surface area contributed by atoms with Gasteiger partial charge in [-0.15, -0.1) is 0 Å². The van der Waals surface area contributed by atoms with E-state index in [-0.39, 0.29) is 0 Å². The molecule has 3 heterocycles. The van der Waals surface area contributed by atoms with Crippen molar-refractivity contribution in [3.8, 4) is 5.75 Å². The molecule has 2 aromatic heterocycles. The lowest BCUT2D eigenvalue weighted by Gasteiger charge is -2.21. The lowest BCUT2D eigenvalue weighted by Crippen LogP contribution is -2.29. The molecule has 1 atom stereocenters. The Morgan fingerprint density at radius 3 is 3.11 bits per heavy atom. The van der Waals surface area contributed by atoms with Crippen molar-refractivity contribution >= 4 is 21.4 Å². The molecule has 0 bridgehead atoms. The molecule has 1 saturated heterocycles. The molecule has 5 heteroatoms. The van der Waals surface area contributed by atoms with Crippen LogP contribution in [0.15, 0.2) is 22.9 Å². The lowest BCUT2D eigenvalue weighted by molar-refractivity contribution is 0.410. The number of hydrogen-bond donors (Lipinski definition) is 1. The van der Waals surface area contributed by atoms with Gasteiger partial charge in [0, 0.05) is 12.5 Å². The van der Waals surface area contributed by atoms with Gasteiger partial charge in [-0.3, -0.25) is 4.40 Å². The lowest BCUT2D eigenvalue weighted by atomic mass is 9.99. The molecule has 1 unspecified atom stereocenters. The molecular weight excluding hydrogens is 294 g/mol. The molecule has 3 rings (SSSR count). The minimum Gasteiger partial charge on any atom is -0.495 e. The summed E-state index contributed by atoms with van der Waals surface area (Å²) in [5, 5.41) is 3.44. The summed E-state index contributed by atoms with van der Waals surface area (Å²) in [6, 6.07) is 4.00. The maximum Gasteiger partial charge on any atom is 0.135 e. The highest BCUT2D eigenvalue weighted by atomic mass is 79.9. The Kier molecular flexibility index (Phi) is 3.26. The van der Waals surface area contributed by atoms with Gasteiger partial charge in [0.25, 0.3) is 0 Å². The van der Waals surface area contributed by atoms with Crippen LogP contribution in [0.2, 0.25) is 0 Å². The number of halogens is 1. The molecule has 1 N–H and O–H groups in total. The van der Waals surface area contributed by atoms with E-state index in [0.29, 0.717) is 5.92 Å². The SMILES string of the molecule is COc1ccc2c(Br)nc(C3CCCNC3)n2c1. The van der Waals surface area contributed by atoms with Crippen molar-refractivity contribution in [1.29, 1.82) is 0 Å². The third-order valence-electron chi connectivity index (χ3n) is 3.49. The van der Waals surface area contributed by atoms with Crippen molar-refractivity contribution in [1.82, 2.24) is 14.7 Å². The van der Waals surface area contributed by atoms with Crippen molar-refractivity contribution in [2.24, 2.45) is 0 Å². The predicted octanol–water partition coefficient (Wildman–Crippen LogP) is 2.57. The number of ether oxygens (including phenoxy) is 1. The number of rotatable bonds is 2. The van der Waals surface area contributed by atoms with E-state index in [4.69, 9.17) is 4.74 Å². The van der Waals surface area contributed by atoms with Crippen LogP contribution in [0.1, 0.15) is 24.6 Å². The Labute approximate surface area is 114 Å². The van der Waals surface area contributed by atoms with Gasteiger partial charge in [-0.25, -0.2) is 4.98 Å². The molecule has 96 valence electrons.